The fourth-order valence-electron chi connectivity index (χ4n) is 2.06. The maximum Gasteiger partial charge on any atom is 0.326 e. The number of halogens is 2. The number of aliphatic carboxylic acids is 1. The molecule has 0 spiro atoms. The van der Waals surface area contributed by atoms with Gasteiger partial charge in [-0.2, -0.15) is 0 Å². The molecule has 1 aromatic rings. The highest BCUT2D eigenvalue weighted by Gasteiger charge is 2.34. The summed E-state index contributed by atoms with van der Waals surface area (Å²) >= 11 is 5.53. The van der Waals surface area contributed by atoms with Crippen LogP contribution in [0.1, 0.15) is 23.2 Å². The van der Waals surface area contributed by atoms with Gasteiger partial charge in [-0.05, 0) is 31.0 Å². The number of benzene rings is 1. The van der Waals surface area contributed by atoms with Gasteiger partial charge in [0.2, 0.25) is 0 Å². The van der Waals surface area contributed by atoms with Crippen molar-refractivity contribution in [3.05, 3.63) is 34.6 Å². The highest BCUT2D eigenvalue weighted by Crippen LogP contribution is 2.22. The number of hydrogen-bond donors (Lipinski definition) is 1. The van der Waals surface area contributed by atoms with Gasteiger partial charge < -0.3 is 10.0 Å². The summed E-state index contributed by atoms with van der Waals surface area (Å²) in [7, 11) is 0. The van der Waals surface area contributed by atoms with Gasteiger partial charge in [-0.15, -0.1) is 0 Å². The Morgan fingerprint density at radius 3 is 2.78 bits per heavy atom. The minimum absolute atomic E-state index is 0.0669. The normalized spacial score (nSPS) is 19.0. The van der Waals surface area contributed by atoms with Gasteiger partial charge in [0.1, 0.15) is 11.9 Å². The zero-order chi connectivity index (χ0) is 13.3. The van der Waals surface area contributed by atoms with Crippen molar-refractivity contribution in [3.63, 3.8) is 0 Å². The number of hydrogen-bond acceptors (Lipinski definition) is 2. The lowest BCUT2D eigenvalue weighted by Gasteiger charge is -2.21. The molecule has 1 N–H and O–H groups in total. The van der Waals surface area contributed by atoms with Gasteiger partial charge in [0.25, 0.3) is 5.91 Å². The van der Waals surface area contributed by atoms with E-state index in [9.17, 15) is 14.0 Å². The molecule has 1 aliphatic heterocycles. The molecule has 1 aromatic carbocycles. The number of nitrogens with zero attached hydrogens (tertiary/aromatic N) is 1. The Hall–Kier alpha value is -1.62. The molecule has 0 saturated carbocycles. The quantitative estimate of drug-likeness (QED) is 0.897. The molecule has 0 bridgehead atoms. The van der Waals surface area contributed by atoms with Crippen LogP contribution in [0.25, 0.3) is 0 Å². The van der Waals surface area contributed by atoms with Gasteiger partial charge in [0.05, 0.1) is 5.02 Å². The van der Waals surface area contributed by atoms with Crippen molar-refractivity contribution < 1.29 is 19.1 Å². The third kappa shape index (κ3) is 2.31. The Bertz CT molecular complexity index is 506. The summed E-state index contributed by atoms with van der Waals surface area (Å²) in [6.07, 6.45) is 1.07. The van der Waals surface area contributed by atoms with Crippen LogP contribution >= 0.6 is 11.6 Å². The molecule has 6 heteroatoms. The van der Waals surface area contributed by atoms with Gasteiger partial charge in [0, 0.05) is 12.1 Å². The third-order valence-corrected chi connectivity index (χ3v) is 3.27. The van der Waals surface area contributed by atoms with Crippen molar-refractivity contribution in [2.75, 3.05) is 6.54 Å². The number of carbonyl (C=O) groups is 2. The van der Waals surface area contributed by atoms with Crippen LogP contribution < -0.4 is 0 Å². The van der Waals surface area contributed by atoms with E-state index in [0.29, 0.717) is 19.4 Å². The smallest absolute Gasteiger partial charge is 0.326 e. The molecule has 18 heavy (non-hydrogen) atoms. The molecule has 1 unspecified atom stereocenters. The zero-order valence-electron chi connectivity index (χ0n) is 9.40. The number of carboxylic acid groups (broad SMARTS) is 1. The number of likely N-dealkylation sites (tertiary alicyclic amines) is 1. The Kier molecular flexibility index (Phi) is 3.52. The molecule has 0 radical (unpaired) electrons. The predicted molar refractivity (Wildman–Crippen MR) is 63.1 cm³/mol. The highest BCUT2D eigenvalue weighted by atomic mass is 35.5. The van der Waals surface area contributed by atoms with Gasteiger partial charge in [-0.25, -0.2) is 9.18 Å². The van der Waals surface area contributed by atoms with Crippen molar-refractivity contribution in [1.82, 2.24) is 4.90 Å². The topological polar surface area (TPSA) is 57.6 Å². The highest BCUT2D eigenvalue weighted by molar-refractivity contribution is 6.30. The number of amides is 1. The molecule has 1 aliphatic rings. The molecule has 1 heterocycles. The molecular weight excluding hydrogens is 261 g/mol. The summed E-state index contributed by atoms with van der Waals surface area (Å²) in [4.78, 5) is 24.3. The van der Waals surface area contributed by atoms with Crippen LogP contribution in [0.15, 0.2) is 18.2 Å². The summed E-state index contributed by atoms with van der Waals surface area (Å²) in [6, 6.07) is 2.89. The van der Waals surface area contributed by atoms with Crippen molar-refractivity contribution in [3.8, 4) is 0 Å². The predicted octanol–water partition coefficient (Wildman–Crippen LogP) is 2.17. The number of carboxylic acids is 1. The molecular formula is C12H11ClFNO3. The summed E-state index contributed by atoms with van der Waals surface area (Å²) in [5.74, 6) is -2.20. The second-order valence-electron chi connectivity index (χ2n) is 4.12. The average molecular weight is 272 g/mol. The van der Waals surface area contributed by atoms with Crippen LogP contribution in [0.4, 0.5) is 4.39 Å². The second-order valence-corrected chi connectivity index (χ2v) is 4.53. The van der Waals surface area contributed by atoms with Crippen LogP contribution in [0.3, 0.4) is 0 Å². The molecule has 1 amide bonds. The molecule has 96 valence electrons. The van der Waals surface area contributed by atoms with Gasteiger partial charge >= 0.3 is 5.97 Å². The van der Waals surface area contributed by atoms with E-state index < -0.39 is 23.7 Å². The van der Waals surface area contributed by atoms with Crippen molar-refractivity contribution >= 4 is 23.5 Å². The summed E-state index contributed by atoms with van der Waals surface area (Å²) in [5.41, 5.74) is 0.116. The van der Waals surface area contributed by atoms with Crippen LogP contribution in [0.5, 0.6) is 0 Å². The van der Waals surface area contributed by atoms with Gasteiger partial charge in [-0.3, -0.25) is 4.79 Å². The minimum atomic E-state index is -1.03. The maximum absolute atomic E-state index is 13.3. The SMILES string of the molecule is O=C(O)C1CCCN1C(=O)c1ccc(Cl)c(F)c1. The Morgan fingerprint density at radius 1 is 1.44 bits per heavy atom. The van der Waals surface area contributed by atoms with E-state index in [2.05, 4.69) is 0 Å². The van der Waals surface area contributed by atoms with Crippen molar-refractivity contribution in [2.24, 2.45) is 0 Å². The second kappa shape index (κ2) is 4.94. The largest absolute Gasteiger partial charge is 0.480 e. The Morgan fingerprint density at radius 2 is 2.17 bits per heavy atom. The number of carbonyl (C=O) groups excluding carboxylic acids is 1. The van der Waals surface area contributed by atoms with E-state index in [0.717, 1.165) is 6.07 Å². The zero-order valence-corrected chi connectivity index (χ0v) is 10.2. The monoisotopic (exact) mass is 271 g/mol. The number of rotatable bonds is 2. The lowest BCUT2D eigenvalue weighted by atomic mass is 10.1. The minimum Gasteiger partial charge on any atom is -0.480 e. The molecule has 1 saturated heterocycles. The summed E-state index contributed by atoms with van der Waals surface area (Å²) < 4.78 is 13.3. The van der Waals surface area contributed by atoms with E-state index >= 15 is 0 Å². The van der Waals surface area contributed by atoms with E-state index in [4.69, 9.17) is 16.7 Å². The lowest BCUT2D eigenvalue weighted by molar-refractivity contribution is -0.141. The molecule has 1 fully saturated rings. The van der Waals surface area contributed by atoms with E-state index in [-0.39, 0.29) is 10.6 Å². The summed E-state index contributed by atoms with van der Waals surface area (Å²) in [6.45, 7) is 0.375. The third-order valence-electron chi connectivity index (χ3n) is 2.97. The molecule has 4 nitrogen and oxygen atoms in total. The molecule has 0 aliphatic carbocycles. The lowest BCUT2D eigenvalue weighted by Crippen LogP contribution is -2.40. The first-order valence-electron chi connectivity index (χ1n) is 5.49. The molecule has 1 atom stereocenters. The average Bonchev–Trinajstić information content (AvgIpc) is 2.81. The van der Waals surface area contributed by atoms with Gasteiger partial charge in [0.15, 0.2) is 0 Å². The van der Waals surface area contributed by atoms with Crippen LogP contribution in [0.2, 0.25) is 5.02 Å². The van der Waals surface area contributed by atoms with E-state index in [1.807, 2.05) is 0 Å². The fourth-order valence-corrected chi connectivity index (χ4v) is 2.18. The van der Waals surface area contributed by atoms with E-state index in [1.165, 1.54) is 17.0 Å². The van der Waals surface area contributed by atoms with Crippen LogP contribution in [0, 0.1) is 5.82 Å². The molecule has 0 aromatic heterocycles. The Balaban J connectivity index is 2.25. The summed E-state index contributed by atoms with van der Waals surface area (Å²) in [5, 5.41) is 8.92. The van der Waals surface area contributed by atoms with E-state index in [1.54, 1.807) is 0 Å². The van der Waals surface area contributed by atoms with Gasteiger partial charge in [-0.1, -0.05) is 11.6 Å². The molecule has 2 rings (SSSR count). The van der Waals surface area contributed by atoms with Crippen LogP contribution in [-0.4, -0.2) is 34.5 Å². The van der Waals surface area contributed by atoms with Crippen molar-refractivity contribution in [1.29, 1.82) is 0 Å². The fraction of sp³-hybridized carbons (Fsp3) is 0.333. The first-order valence-corrected chi connectivity index (χ1v) is 5.87. The van der Waals surface area contributed by atoms with Crippen molar-refractivity contribution in [2.45, 2.75) is 18.9 Å². The standard InChI is InChI=1S/C12H11ClFNO3/c13-8-4-3-7(6-9(8)14)11(16)15-5-1-2-10(15)12(17)18/h3-4,6,10H,1-2,5H2,(H,17,18). The maximum atomic E-state index is 13.3. The first kappa shape index (κ1) is 12.8. The van der Waals surface area contributed by atoms with Crippen LogP contribution in [-0.2, 0) is 4.79 Å². The first-order chi connectivity index (χ1) is 8.50. The Labute approximate surface area is 108 Å².